The summed E-state index contributed by atoms with van der Waals surface area (Å²) in [7, 11) is 0. The SMILES string of the molecule is O=CC(Cl)=C(Cl)c1ccccc1.[Ge]. The summed E-state index contributed by atoms with van der Waals surface area (Å²) in [5.74, 6) is 0. The van der Waals surface area contributed by atoms with Crippen LogP contribution in [0.25, 0.3) is 5.03 Å². The quantitative estimate of drug-likeness (QED) is 0.460. The minimum atomic E-state index is 0. The van der Waals surface area contributed by atoms with Crippen molar-refractivity contribution in [3.8, 4) is 0 Å². The van der Waals surface area contributed by atoms with Crippen molar-refractivity contribution in [1.82, 2.24) is 0 Å². The Bertz CT molecular complexity index is 309. The summed E-state index contributed by atoms with van der Waals surface area (Å²) >= 11 is 11.3. The molecule has 1 rings (SSSR count). The van der Waals surface area contributed by atoms with Gasteiger partial charge >= 0.3 is 0 Å². The molecule has 1 aromatic carbocycles. The van der Waals surface area contributed by atoms with E-state index in [1.54, 1.807) is 12.1 Å². The predicted octanol–water partition coefficient (Wildman–Crippen LogP) is 2.65. The molecular weight excluding hydrogens is 268 g/mol. The number of carbonyl (C=O) groups is 1. The van der Waals surface area contributed by atoms with Crippen molar-refractivity contribution in [2.45, 2.75) is 0 Å². The molecule has 1 aromatic rings. The van der Waals surface area contributed by atoms with Crippen LogP contribution in [0.3, 0.4) is 0 Å². The number of halogens is 2. The van der Waals surface area contributed by atoms with E-state index < -0.39 is 0 Å². The molecule has 4 heteroatoms. The molecule has 13 heavy (non-hydrogen) atoms. The van der Waals surface area contributed by atoms with Gasteiger partial charge in [0.2, 0.25) is 0 Å². The van der Waals surface area contributed by atoms with Gasteiger partial charge in [0, 0.05) is 17.6 Å². The van der Waals surface area contributed by atoms with E-state index in [1.807, 2.05) is 18.2 Å². The molecule has 4 radical (unpaired) electrons. The van der Waals surface area contributed by atoms with Gasteiger partial charge in [0.1, 0.15) is 0 Å². The molecule has 0 unspecified atom stereocenters. The number of hydrogen-bond donors (Lipinski definition) is 0. The Balaban J connectivity index is 0.00000144. The van der Waals surface area contributed by atoms with Gasteiger partial charge in [-0.2, -0.15) is 0 Å². The van der Waals surface area contributed by atoms with Gasteiger partial charge in [0.15, 0.2) is 6.29 Å². The Labute approximate surface area is 97.7 Å². The number of benzene rings is 1. The number of allylic oxidation sites excluding steroid dienone is 1. The summed E-state index contributed by atoms with van der Waals surface area (Å²) < 4.78 is 0. The molecule has 66 valence electrons. The zero-order valence-electron chi connectivity index (χ0n) is 6.63. The topological polar surface area (TPSA) is 17.1 Å². The summed E-state index contributed by atoms with van der Waals surface area (Å²) in [6.45, 7) is 0. The van der Waals surface area contributed by atoms with Gasteiger partial charge in [-0.15, -0.1) is 0 Å². The zero-order chi connectivity index (χ0) is 8.97. The molecule has 0 aromatic heterocycles. The van der Waals surface area contributed by atoms with E-state index in [2.05, 4.69) is 0 Å². The predicted molar refractivity (Wildman–Crippen MR) is 56.9 cm³/mol. The number of rotatable bonds is 2. The van der Waals surface area contributed by atoms with Gasteiger partial charge in [0.05, 0.1) is 10.1 Å². The minimum Gasteiger partial charge on any atom is -0.297 e. The first-order valence-corrected chi connectivity index (χ1v) is 4.07. The second-order valence-corrected chi connectivity index (χ2v) is 2.93. The van der Waals surface area contributed by atoms with E-state index in [1.165, 1.54) is 0 Å². The fraction of sp³-hybridized carbons (Fsp3) is 0. The second-order valence-electron chi connectivity index (χ2n) is 2.15. The largest absolute Gasteiger partial charge is 0.297 e. The molecule has 0 spiro atoms. The first-order chi connectivity index (χ1) is 5.75. The fourth-order valence-electron chi connectivity index (χ4n) is 0.774. The third-order valence-electron chi connectivity index (χ3n) is 1.34. The van der Waals surface area contributed by atoms with E-state index >= 15 is 0 Å². The fourth-order valence-corrected chi connectivity index (χ4v) is 1.05. The Morgan fingerprint density at radius 3 is 2.15 bits per heavy atom. The monoisotopic (exact) mass is 274 g/mol. The van der Waals surface area contributed by atoms with Crippen molar-refractivity contribution in [3.05, 3.63) is 40.9 Å². The molecular formula is C9H6Cl2GeO. The molecule has 0 N–H and O–H groups in total. The Kier molecular flexibility index (Phi) is 6.12. The summed E-state index contributed by atoms with van der Waals surface area (Å²) in [6.07, 6.45) is 0.525. The van der Waals surface area contributed by atoms with Crippen LogP contribution in [0, 0.1) is 0 Å². The van der Waals surface area contributed by atoms with Gasteiger partial charge in [-0.05, 0) is 5.56 Å². The molecule has 0 saturated carbocycles. The maximum Gasteiger partial charge on any atom is 0.162 e. The smallest absolute Gasteiger partial charge is 0.162 e. The average Bonchev–Trinajstić information content (AvgIpc) is 2.17. The standard InChI is InChI=1S/C9H6Cl2O.Ge/c10-8(6-12)9(11)7-4-2-1-3-5-7;/h1-6H;. The Hall–Kier alpha value is -0.247. The van der Waals surface area contributed by atoms with Crippen LogP contribution in [0.4, 0.5) is 0 Å². The molecule has 0 saturated heterocycles. The van der Waals surface area contributed by atoms with Crippen molar-refractivity contribution >= 4 is 52.1 Å². The number of carbonyl (C=O) groups excluding carboxylic acids is 1. The van der Waals surface area contributed by atoms with Crippen LogP contribution in [-0.4, -0.2) is 23.9 Å². The molecule has 0 fully saturated rings. The summed E-state index contributed by atoms with van der Waals surface area (Å²) in [4.78, 5) is 10.2. The normalized spacial score (nSPS) is 11.2. The first-order valence-electron chi connectivity index (χ1n) is 3.31. The summed E-state index contributed by atoms with van der Waals surface area (Å²) in [6, 6.07) is 9.09. The van der Waals surface area contributed by atoms with Crippen molar-refractivity contribution in [1.29, 1.82) is 0 Å². The molecule has 0 heterocycles. The third-order valence-corrected chi connectivity index (χ3v) is 2.14. The Morgan fingerprint density at radius 2 is 1.69 bits per heavy atom. The van der Waals surface area contributed by atoms with Crippen LogP contribution >= 0.6 is 23.2 Å². The van der Waals surface area contributed by atoms with Gasteiger partial charge in [0.25, 0.3) is 0 Å². The van der Waals surface area contributed by atoms with E-state index in [0.717, 1.165) is 5.56 Å². The van der Waals surface area contributed by atoms with E-state index in [4.69, 9.17) is 23.2 Å². The summed E-state index contributed by atoms with van der Waals surface area (Å²) in [5, 5.41) is 0.315. The molecule has 0 atom stereocenters. The number of hydrogen-bond acceptors (Lipinski definition) is 1. The van der Waals surface area contributed by atoms with Gasteiger partial charge in [-0.25, -0.2) is 0 Å². The third kappa shape index (κ3) is 3.55. The first kappa shape index (κ1) is 12.8. The molecule has 0 aliphatic carbocycles. The van der Waals surface area contributed by atoms with E-state index in [9.17, 15) is 4.79 Å². The molecule has 0 bridgehead atoms. The van der Waals surface area contributed by atoms with Crippen LogP contribution in [0.2, 0.25) is 0 Å². The van der Waals surface area contributed by atoms with Crippen LogP contribution in [-0.2, 0) is 4.79 Å². The van der Waals surface area contributed by atoms with Crippen LogP contribution in [0.1, 0.15) is 5.56 Å². The van der Waals surface area contributed by atoms with Gasteiger partial charge < -0.3 is 0 Å². The molecule has 0 amide bonds. The van der Waals surface area contributed by atoms with Crippen molar-refractivity contribution < 1.29 is 4.79 Å². The van der Waals surface area contributed by atoms with Gasteiger partial charge in [-0.3, -0.25) is 4.79 Å². The minimum absolute atomic E-state index is 0. The van der Waals surface area contributed by atoms with Crippen LogP contribution in [0.5, 0.6) is 0 Å². The van der Waals surface area contributed by atoms with Crippen LogP contribution in [0.15, 0.2) is 35.4 Å². The molecule has 0 aliphatic heterocycles. The molecule has 0 aliphatic rings. The average molecular weight is 274 g/mol. The summed E-state index contributed by atoms with van der Waals surface area (Å²) in [5.41, 5.74) is 0.747. The maximum atomic E-state index is 10.2. The molecule has 1 nitrogen and oxygen atoms in total. The van der Waals surface area contributed by atoms with E-state index in [0.29, 0.717) is 6.29 Å². The van der Waals surface area contributed by atoms with Crippen molar-refractivity contribution in [2.24, 2.45) is 0 Å². The van der Waals surface area contributed by atoms with E-state index in [-0.39, 0.29) is 27.7 Å². The van der Waals surface area contributed by atoms with Crippen molar-refractivity contribution in [2.75, 3.05) is 0 Å². The number of aldehydes is 1. The maximum absolute atomic E-state index is 10.2. The van der Waals surface area contributed by atoms with Gasteiger partial charge in [-0.1, -0.05) is 53.5 Å². The Morgan fingerprint density at radius 1 is 1.15 bits per heavy atom. The second kappa shape index (κ2) is 6.24. The van der Waals surface area contributed by atoms with Crippen molar-refractivity contribution in [3.63, 3.8) is 0 Å². The zero-order valence-corrected chi connectivity index (χ0v) is 10.2. The van der Waals surface area contributed by atoms with Crippen LogP contribution < -0.4 is 0 Å².